The highest BCUT2D eigenvalue weighted by molar-refractivity contribution is 6.33. The normalized spacial score (nSPS) is 16.3. The lowest BCUT2D eigenvalue weighted by Gasteiger charge is -2.27. The molecule has 0 saturated carbocycles. The molecular formula is C13H17ClN2O3. The topological polar surface area (TPSA) is 62.7 Å². The fraction of sp³-hybridized carbons (Fsp3) is 0.538. The van der Waals surface area contributed by atoms with Crippen molar-refractivity contribution in [2.45, 2.75) is 12.8 Å². The number of carboxylic acids is 1. The molecule has 0 amide bonds. The number of aromatic carboxylic acids is 1. The maximum atomic E-state index is 11.0. The van der Waals surface area contributed by atoms with Gasteiger partial charge in [-0.25, -0.2) is 9.78 Å². The molecular weight excluding hydrogens is 268 g/mol. The number of halogens is 1. The van der Waals surface area contributed by atoms with Gasteiger partial charge in [-0.2, -0.15) is 0 Å². The zero-order valence-electron chi connectivity index (χ0n) is 10.8. The number of carboxylic acid groups (broad SMARTS) is 1. The van der Waals surface area contributed by atoms with Crippen LogP contribution in [0.3, 0.4) is 0 Å². The molecule has 5 nitrogen and oxygen atoms in total. The molecule has 0 bridgehead atoms. The first-order chi connectivity index (χ1) is 9.08. The van der Waals surface area contributed by atoms with Gasteiger partial charge in [0.25, 0.3) is 0 Å². The minimum absolute atomic E-state index is 0.0884. The highest BCUT2D eigenvalue weighted by atomic mass is 35.5. The molecule has 1 aromatic rings. The van der Waals surface area contributed by atoms with E-state index in [0.29, 0.717) is 11.7 Å². The van der Waals surface area contributed by atoms with E-state index in [-0.39, 0.29) is 10.6 Å². The molecule has 1 aliphatic rings. The Morgan fingerprint density at radius 2 is 2.26 bits per heavy atom. The van der Waals surface area contributed by atoms with Crippen molar-refractivity contribution in [1.29, 1.82) is 0 Å². The van der Waals surface area contributed by atoms with Crippen LogP contribution in [0.5, 0.6) is 0 Å². The number of hydrogen-bond donors (Lipinski definition) is 1. The molecule has 0 aromatic carbocycles. The third kappa shape index (κ3) is 3.58. The van der Waals surface area contributed by atoms with E-state index in [1.165, 1.54) is 12.3 Å². The van der Waals surface area contributed by atoms with Crippen molar-refractivity contribution in [3.8, 4) is 0 Å². The summed E-state index contributed by atoms with van der Waals surface area (Å²) in [4.78, 5) is 17.2. The first-order valence-electron chi connectivity index (χ1n) is 6.25. The second kappa shape index (κ2) is 6.21. The van der Waals surface area contributed by atoms with Crippen LogP contribution in [-0.4, -0.2) is 42.9 Å². The molecule has 0 radical (unpaired) electrons. The summed E-state index contributed by atoms with van der Waals surface area (Å²) >= 11 is 5.81. The summed E-state index contributed by atoms with van der Waals surface area (Å²) in [6, 6.07) is 1.52. The van der Waals surface area contributed by atoms with Crippen LogP contribution in [0.15, 0.2) is 12.3 Å². The summed E-state index contributed by atoms with van der Waals surface area (Å²) in [7, 11) is 1.91. The summed E-state index contributed by atoms with van der Waals surface area (Å²) < 4.78 is 5.32. The third-order valence-electron chi connectivity index (χ3n) is 3.34. The van der Waals surface area contributed by atoms with Gasteiger partial charge in [-0.1, -0.05) is 11.6 Å². The molecule has 0 unspecified atom stereocenters. The van der Waals surface area contributed by atoms with Gasteiger partial charge in [-0.3, -0.25) is 0 Å². The number of pyridine rings is 1. The zero-order chi connectivity index (χ0) is 13.8. The number of nitrogens with zero attached hydrogens (tertiary/aromatic N) is 2. The molecule has 0 spiro atoms. The van der Waals surface area contributed by atoms with Crippen LogP contribution in [0.25, 0.3) is 0 Å². The zero-order valence-corrected chi connectivity index (χ0v) is 11.6. The molecule has 19 heavy (non-hydrogen) atoms. The molecule has 0 aliphatic carbocycles. The lowest BCUT2D eigenvalue weighted by atomic mass is 10.00. The third-order valence-corrected chi connectivity index (χ3v) is 3.64. The number of rotatable bonds is 4. The lowest BCUT2D eigenvalue weighted by molar-refractivity contribution is 0.0685. The Kier molecular flexibility index (Phi) is 4.61. The average Bonchev–Trinajstić information content (AvgIpc) is 2.40. The van der Waals surface area contributed by atoms with Crippen molar-refractivity contribution in [1.82, 2.24) is 4.98 Å². The number of anilines is 1. The molecule has 0 atom stereocenters. The van der Waals surface area contributed by atoms with E-state index in [4.69, 9.17) is 21.4 Å². The Morgan fingerprint density at radius 3 is 2.89 bits per heavy atom. The SMILES string of the molecule is CN(CC1CCOCC1)c1cc(C(=O)O)c(Cl)cn1. The average molecular weight is 285 g/mol. The summed E-state index contributed by atoms with van der Waals surface area (Å²) in [6.45, 7) is 2.44. The summed E-state index contributed by atoms with van der Waals surface area (Å²) in [5.41, 5.74) is 0.0884. The predicted octanol–water partition coefficient (Wildman–Crippen LogP) is 2.30. The van der Waals surface area contributed by atoms with Gasteiger partial charge in [0.1, 0.15) is 5.82 Å². The van der Waals surface area contributed by atoms with E-state index >= 15 is 0 Å². The van der Waals surface area contributed by atoms with Crippen LogP contribution < -0.4 is 4.90 Å². The van der Waals surface area contributed by atoms with E-state index in [1.54, 1.807) is 0 Å². The number of hydrogen-bond acceptors (Lipinski definition) is 4. The molecule has 2 rings (SSSR count). The minimum atomic E-state index is -1.03. The number of carbonyl (C=O) groups is 1. The quantitative estimate of drug-likeness (QED) is 0.919. The van der Waals surface area contributed by atoms with Gasteiger partial charge < -0.3 is 14.7 Å². The van der Waals surface area contributed by atoms with Crippen LogP contribution in [0.2, 0.25) is 5.02 Å². The first-order valence-corrected chi connectivity index (χ1v) is 6.63. The fourth-order valence-electron chi connectivity index (χ4n) is 2.21. The Morgan fingerprint density at radius 1 is 1.58 bits per heavy atom. The number of ether oxygens (including phenoxy) is 1. The van der Waals surface area contributed by atoms with E-state index in [1.807, 2.05) is 11.9 Å². The molecule has 1 N–H and O–H groups in total. The lowest BCUT2D eigenvalue weighted by Crippen LogP contribution is -2.30. The number of aromatic nitrogens is 1. The predicted molar refractivity (Wildman–Crippen MR) is 73.0 cm³/mol. The second-order valence-corrected chi connectivity index (χ2v) is 5.17. The summed E-state index contributed by atoms with van der Waals surface area (Å²) in [5, 5.41) is 9.21. The van der Waals surface area contributed by atoms with Gasteiger partial charge in [0.2, 0.25) is 0 Å². The molecule has 2 heterocycles. The second-order valence-electron chi connectivity index (χ2n) is 4.76. The molecule has 1 aromatic heterocycles. The van der Waals surface area contributed by atoms with Crippen molar-refractivity contribution >= 4 is 23.4 Å². The highest BCUT2D eigenvalue weighted by Gasteiger charge is 2.18. The first kappa shape index (κ1) is 14.1. The Hall–Kier alpha value is -1.33. The van der Waals surface area contributed by atoms with Gasteiger partial charge in [-0.05, 0) is 24.8 Å². The smallest absolute Gasteiger partial charge is 0.337 e. The van der Waals surface area contributed by atoms with Crippen LogP contribution in [0.4, 0.5) is 5.82 Å². The van der Waals surface area contributed by atoms with E-state index in [0.717, 1.165) is 32.6 Å². The van der Waals surface area contributed by atoms with Crippen molar-refractivity contribution in [2.24, 2.45) is 5.92 Å². The monoisotopic (exact) mass is 284 g/mol. The van der Waals surface area contributed by atoms with Gasteiger partial charge in [-0.15, -0.1) is 0 Å². The van der Waals surface area contributed by atoms with Gasteiger partial charge in [0, 0.05) is 33.0 Å². The van der Waals surface area contributed by atoms with E-state index in [9.17, 15) is 4.79 Å². The molecule has 104 valence electrons. The molecule has 1 saturated heterocycles. The fourth-order valence-corrected chi connectivity index (χ4v) is 2.39. The highest BCUT2D eigenvalue weighted by Crippen LogP contribution is 2.22. The van der Waals surface area contributed by atoms with Gasteiger partial charge in [0.05, 0.1) is 10.6 Å². The van der Waals surface area contributed by atoms with Gasteiger partial charge in [0.15, 0.2) is 0 Å². The van der Waals surface area contributed by atoms with Crippen LogP contribution >= 0.6 is 11.6 Å². The molecule has 1 aliphatic heterocycles. The largest absolute Gasteiger partial charge is 0.478 e. The standard InChI is InChI=1S/C13H17ClN2O3/c1-16(8-9-2-4-19-5-3-9)12-6-10(13(17)18)11(14)7-15-12/h6-7,9H,2-5,8H2,1H3,(H,17,18). The Labute approximate surface area is 117 Å². The Bertz CT molecular complexity index is 461. The maximum absolute atomic E-state index is 11.0. The van der Waals surface area contributed by atoms with Gasteiger partial charge >= 0.3 is 5.97 Å². The molecule has 6 heteroatoms. The maximum Gasteiger partial charge on any atom is 0.337 e. The van der Waals surface area contributed by atoms with Crippen LogP contribution in [0, 0.1) is 5.92 Å². The Balaban J connectivity index is 2.07. The van der Waals surface area contributed by atoms with Crippen molar-refractivity contribution in [3.63, 3.8) is 0 Å². The summed E-state index contributed by atoms with van der Waals surface area (Å²) in [5.74, 6) is 0.158. The van der Waals surface area contributed by atoms with Crippen LogP contribution in [-0.2, 0) is 4.74 Å². The molecule has 1 fully saturated rings. The van der Waals surface area contributed by atoms with Crippen molar-refractivity contribution in [2.75, 3.05) is 31.7 Å². The summed E-state index contributed by atoms with van der Waals surface area (Å²) in [6.07, 6.45) is 3.45. The minimum Gasteiger partial charge on any atom is -0.478 e. The van der Waals surface area contributed by atoms with Crippen molar-refractivity contribution in [3.05, 3.63) is 22.8 Å². The van der Waals surface area contributed by atoms with E-state index < -0.39 is 5.97 Å². The van der Waals surface area contributed by atoms with Crippen LogP contribution in [0.1, 0.15) is 23.2 Å². The van der Waals surface area contributed by atoms with Crippen molar-refractivity contribution < 1.29 is 14.6 Å². The van der Waals surface area contributed by atoms with E-state index in [2.05, 4.69) is 4.98 Å².